The van der Waals surface area contributed by atoms with E-state index in [0.29, 0.717) is 0 Å². The molecule has 0 aromatic rings. The van der Waals surface area contributed by atoms with Crippen molar-refractivity contribution in [3.05, 3.63) is 0 Å². The van der Waals surface area contributed by atoms with Crippen molar-refractivity contribution in [1.29, 1.82) is 5.26 Å². The third kappa shape index (κ3) is 8.12. The van der Waals surface area contributed by atoms with Gasteiger partial charge in [0.1, 0.15) is 0 Å². The highest BCUT2D eigenvalue weighted by atomic mass is 35.5. The van der Waals surface area contributed by atoms with E-state index in [2.05, 4.69) is 6.07 Å². The summed E-state index contributed by atoms with van der Waals surface area (Å²) in [6, 6.07) is 2.32. The van der Waals surface area contributed by atoms with Crippen molar-refractivity contribution in [1.82, 2.24) is 0 Å². The van der Waals surface area contributed by atoms with Gasteiger partial charge in [-0.05, 0) is 26.7 Å². The van der Waals surface area contributed by atoms with Crippen molar-refractivity contribution in [3.8, 4) is 6.07 Å². The second-order valence-corrected chi connectivity index (χ2v) is 4.58. The van der Waals surface area contributed by atoms with Crippen LogP contribution < -0.4 is 0 Å². The molecule has 76 valence electrons. The van der Waals surface area contributed by atoms with Crippen LogP contribution in [0.15, 0.2) is 0 Å². The van der Waals surface area contributed by atoms with Gasteiger partial charge in [-0.2, -0.15) is 5.26 Å². The van der Waals surface area contributed by atoms with E-state index in [1.807, 2.05) is 13.8 Å². The molecule has 0 fully saturated rings. The van der Waals surface area contributed by atoms with Crippen LogP contribution in [0.25, 0.3) is 0 Å². The molecule has 0 aliphatic rings. The third-order valence-corrected chi connectivity index (χ3v) is 2.51. The second kappa shape index (κ2) is 7.21. The van der Waals surface area contributed by atoms with Crippen molar-refractivity contribution in [2.75, 3.05) is 5.88 Å². The molecule has 0 aliphatic carbocycles. The molecule has 1 nitrogen and oxygen atoms in total. The lowest BCUT2D eigenvalue weighted by molar-refractivity contribution is 0.420. The van der Waals surface area contributed by atoms with Crippen LogP contribution in [-0.2, 0) is 0 Å². The molecule has 0 heterocycles. The van der Waals surface area contributed by atoms with Crippen molar-refractivity contribution in [2.24, 2.45) is 5.41 Å². The molecule has 0 unspecified atom stereocenters. The second-order valence-electron chi connectivity index (χ2n) is 4.20. The van der Waals surface area contributed by atoms with Gasteiger partial charge < -0.3 is 0 Å². The molecule has 0 aliphatic heterocycles. The molecule has 0 rings (SSSR count). The molecule has 0 saturated carbocycles. The summed E-state index contributed by atoms with van der Waals surface area (Å²) >= 11 is 5.57. The molecule has 0 saturated heterocycles. The SMILES string of the molecule is CC(C)(C#N)CCCCCCCCl. The van der Waals surface area contributed by atoms with Gasteiger partial charge >= 0.3 is 0 Å². The highest BCUT2D eigenvalue weighted by Crippen LogP contribution is 2.22. The number of nitrogens with zero attached hydrogens (tertiary/aromatic N) is 1. The minimum absolute atomic E-state index is 0.132. The first kappa shape index (κ1) is 12.8. The van der Waals surface area contributed by atoms with Crippen molar-refractivity contribution in [3.63, 3.8) is 0 Å². The quantitative estimate of drug-likeness (QED) is 0.449. The minimum atomic E-state index is -0.132. The molecule has 2 heteroatoms. The molecule has 0 aromatic heterocycles. The zero-order valence-electron chi connectivity index (χ0n) is 8.77. The number of unbranched alkanes of at least 4 members (excludes halogenated alkanes) is 4. The number of hydrogen-bond acceptors (Lipinski definition) is 1. The van der Waals surface area contributed by atoms with Gasteiger partial charge in [-0.3, -0.25) is 0 Å². The van der Waals surface area contributed by atoms with Crippen molar-refractivity contribution < 1.29 is 0 Å². The fourth-order valence-electron chi connectivity index (χ4n) is 1.25. The number of hydrogen-bond donors (Lipinski definition) is 0. The Morgan fingerprint density at radius 3 is 2.15 bits per heavy atom. The Morgan fingerprint density at radius 1 is 1.08 bits per heavy atom. The molecule has 0 amide bonds. The Morgan fingerprint density at radius 2 is 1.62 bits per heavy atom. The van der Waals surface area contributed by atoms with Gasteiger partial charge in [0.2, 0.25) is 0 Å². The van der Waals surface area contributed by atoms with Crippen LogP contribution in [0.5, 0.6) is 0 Å². The first-order valence-electron chi connectivity index (χ1n) is 5.09. The molecular weight excluding hydrogens is 182 g/mol. The summed E-state index contributed by atoms with van der Waals surface area (Å²) in [5.74, 6) is 0.781. The maximum absolute atomic E-state index is 8.77. The number of rotatable bonds is 7. The van der Waals surface area contributed by atoms with Crippen LogP contribution in [0.2, 0.25) is 0 Å². The normalized spacial score (nSPS) is 11.2. The van der Waals surface area contributed by atoms with E-state index in [9.17, 15) is 0 Å². The monoisotopic (exact) mass is 201 g/mol. The zero-order valence-corrected chi connectivity index (χ0v) is 9.53. The van der Waals surface area contributed by atoms with Gasteiger partial charge in [0.25, 0.3) is 0 Å². The Balaban J connectivity index is 3.22. The maximum Gasteiger partial charge on any atom is 0.0683 e. The van der Waals surface area contributed by atoms with E-state index in [-0.39, 0.29) is 5.41 Å². The van der Waals surface area contributed by atoms with E-state index in [1.165, 1.54) is 25.7 Å². The van der Waals surface area contributed by atoms with Crippen LogP contribution in [-0.4, -0.2) is 5.88 Å². The van der Waals surface area contributed by atoms with E-state index in [4.69, 9.17) is 16.9 Å². The molecule has 0 bridgehead atoms. The molecule has 0 radical (unpaired) electrons. The van der Waals surface area contributed by atoms with Gasteiger partial charge in [0.15, 0.2) is 0 Å². The molecular formula is C11H20ClN. The fraction of sp³-hybridized carbons (Fsp3) is 0.909. The van der Waals surface area contributed by atoms with Crippen LogP contribution in [0.4, 0.5) is 0 Å². The summed E-state index contributed by atoms with van der Waals surface area (Å²) < 4.78 is 0. The molecule has 0 N–H and O–H groups in total. The predicted molar refractivity (Wildman–Crippen MR) is 57.8 cm³/mol. The van der Waals surface area contributed by atoms with Gasteiger partial charge in [-0.1, -0.05) is 25.7 Å². The lowest BCUT2D eigenvalue weighted by Crippen LogP contribution is -2.06. The summed E-state index contributed by atoms with van der Waals surface area (Å²) in [4.78, 5) is 0. The fourth-order valence-corrected chi connectivity index (χ4v) is 1.44. The zero-order chi connectivity index (χ0) is 10.2. The average Bonchev–Trinajstić information content (AvgIpc) is 2.11. The summed E-state index contributed by atoms with van der Waals surface area (Å²) in [6.45, 7) is 4.01. The minimum Gasteiger partial charge on any atom is -0.198 e. The summed E-state index contributed by atoms with van der Waals surface area (Å²) in [5, 5.41) is 8.77. The summed E-state index contributed by atoms with van der Waals surface area (Å²) in [5.41, 5.74) is -0.132. The largest absolute Gasteiger partial charge is 0.198 e. The third-order valence-electron chi connectivity index (χ3n) is 2.24. The molecule has 0 spiro atoms. The van der Waals surface area contributed by atoms with Crippen LogP contribution in [0.1, 0.15) is 52.4 Å². The van der Waals surface area contributed by atoms with Crippen molar-refractivity contribution in [2.45, 2.75) is 52.4 Å². The summed E-state index contributed by atoms with van der Waals surface area (Å²) in [6.07, 6.45) is 7.04. The first-order chi connectivity index (χ1) is 6.12. The molecule has 0 atom stereocenters. The summed E-state index contributed by atoms with van der Waals surface area (Å²) in [7, 11) is 0. The highest BCUT2D eigenvalue weighted by Gasteiger charge is 2.14. The van der Waals surface area contributed by atoms with Gasteiger partial charge in [-0.15, -0.1) is 11.6 Å². The Labute approximate surface area is 87.1 Å². The van der Waals surface area contributed by atoms with Crippen LogP contribution in [0.3, 0.4) is 0 Å². The van der Waals surface area contributed by atoms with Crippen LogP contribution in [0, 0.1) is 16.7 Å². The van der Waals surface area contributed by atoms with E-state index in [1.54, 1.807) is 0 Å². The van der Waals surface area contributed by atoms with Crippen molar-refractivity contribution >= 4 is 11.6 Å². The Kier molecular flexibility index (Phi) is 7.09. The van der Waals surface area contributed by atoms with E-state index in [0.717, 1.165) is 18.7 Å². The number of halogens is 1. The van der Waals surface area contributed by atoms with E-state index >= 15 is 0 Å². The Hall–Kier alpha value is -0.220. The molecule has 13 heavy (non-hydrogen) atoms. The lowest BCUT2D eigenvalue weighted by atomic mass is 9.88. The maximum atomic E-state index is 8.77. The van der Waals surface area contributed by atoms with E-state index < -0.39 is 0 Å². The molecule has 0 aromatic carbocycles. The Bertz CT molecular complexity index is 158. The van der Waals surface area contributed by atoms with Gasteiger partial charge in [-0.25, -0.2) is 0 Å². The standard InChI is InChI=1S/C11H20ClN/c1-11(2,10-13)8-6-4-3-5-7-9-12/h3-9H2,1-2H3. The number of nitriles is 1. The highest BCUT2D eigenvalue weighted by molar-refractivity contribution is 6.17. The lowest BCUT2D eigenvalue weighted by Gasteiger charge is -2.13. The smallest absolute Gasteiger partial charge is 0.0683 e. The first-order valence-corrected chi connectivity index (χ1v) is 5.63. The average molecular weight is 202 g/mol. The predicted octanol–water partition coefficient (Wildman–Crippen LogP) is 4.12. The number of alkyl halides is 1. The van der Waals surface area contributed by atoms with Gasteiger partial charge in [0.05, 0.1) is 11.5 Å². The topological polar surface area (TPSA) is 23.8 Å². The van der Waals surface area contributed by atoms with Gasteiger partial charge in [0, 0.05) is 5.88 Å². The van der Waals surface area contributed by atoms with Crippen LogP contribution >= 0.6 is 11.6 Å².